The van der Waals surface area contributed by atoms with Crippen LogP contribution in [0.5, 0.6) is 11.5 Å². The highest BCUT2D eigenvalue weighted by Gasteiger charge is 2.16. The van der Waals surface area contributed by atoms with Crippen LogP contribution in [0.1, 0.15) is 12.8 Å². The summed E-state index contributed by atoms with van der Waals surface area (Å²) in [4.78, 5) is 9.35. The van der Waals surface area contributed by atoms with E-state index in [2.05, 4.69) is 55.8 Å². The zero-order valence-corrected chi connectivity index (χ0v) is 18.9. The van der Waals surface area contributed by atoms with E-state index in [9.17, 15) is 0 Å². The number of ether oxygens (including phenoxy) is 2. The van der Waals surface area contributed by atoms with E-state index >= 15 is 0 Å². The van der Waals surface area contributed by atoms with E-state index in [0.29, 0.717) is 11.5 Å². The van der Waals surface area contributed by atoms with Crippen molar-refractivity contribution >= 4 is 17.3 Å². The standard InChI is InChI=1S/C24H35N5O2/c1-25-24(27-20-11-12-22(30-2)23(19-20)31-3)26-13-7-8-14-28-15-17-29(18-16-28)21-9-5-4-6-10-21/h4-6,9-12,19H,7-8,13-18H2,1-3H3,(H2,25,26,27). The molecule has 0 saturated carbocycles. The number of nitrogens with one attached hydrogen (secondary N) is 2. The number of anilines is 2. The molecule has 7 heteroatoms. The topological polar surface area (TPSA) is 61.4 Å². The number of nitrogens with zero attached hydrogens (tertiary/aromatic N) is 3. The first-order valence-corrected chi connectivity index (χ1v) is 11.0. The lowest BCUT2D eigenvalue weighted by atomic mass is 10.2. The Kier molecular flexibility index (Phi) is 8.84. The van der Waals surface area contributed by atoms with E-state index in [0.717, 1.165) is 57.3 Å². The van der Waals surface area contributed by atoms with Gasteiger partial charge in [0.1, 0.15) is 0 Å². The first kappa shape index (κ1) is 22.7. The van der Waals surface area contributed by atoms with Crippen LogP contribution in [0.25, 0.3) is 0 Å². The Bertz CT molecular complexity index is 820. The zero-order chi connectivity index (χ0) is 21.9. The second kappa shape index (κ2) is 12.1. The van der Waals surface area contributed by atoms with Gasteiger partial charge < -0.3 is 25.0 Å². The van der Waals surface area contributed by atoms with Crippen molar-refractivity contribution < 1.29 is 9.47 Å². The van der Waals surface area contributed by atoms with Crippen molar-refractivity contribution in [3.05, 3.63) is 48.5 Å². The molecular weight excluding hydrogens is 390 g/mol. The number of unbranched alkanes of at least 4 members (excludes halogenated alkanes) is 1. The van der Waals surface area contributed by atoms with Crippen molar-refractivity contribution in [3.8, 4) is 11.5 Å². The molecule has 168 valence electrons. The molecule has 0 aromatic heterocycles. The minimum absolute atomic E-state index is 0.690. The molecule has 0 bridgehead atoms. The summed E-state index contributed by atoms with van der Waals surface area (Å²) in [5.74, 6) is 2.15. The minimum atomic E-state index is 0.690. The van der Waals surface area contributed by atoms with E-state index in [1.54, 1.807) is 21.3 Å². The zero-order valence-electron chi connectivity index (χ0n) is 18.9. The van der Waals surface area contributed by atoms with Gasteiger partial charge in [0.25, 0.3) is 0 Å². The Balaban J connectivity index is 1.33. The van der Waals surface area contributed by atoms with Gasteiger partial charge in [-0.2, -0.15) is 0 Å². The van der Waals surface area contributed by atoms with Crippen LogP contribution in [0.15, 0.2) is 53.5 Å². The molecule has 0 radical (unpaired) electrons. The Morgan fingerprint density at radius 3 is 2.35 bits per heavy atom. The van der Waals surface area contributed by atoms with Gasteiger partial charge in [0.2, 0.25) is 0 Å². The fourth-order valence-corrected chi connectivity index (χ4v) is 3.77. The van der Waals surface area contributed by atoms with Crippen LogP contribution in [0, 0.1) is 0 Å². The summed E-state index contributed by atoms with van der Waals surface area (Å²) in [5, 5.41) is 6.69. The number of hydrogen-bond acceptors (Lipinski definition) is 5. The summed E-state index contributed by atoms with van der Waals surface area (Å²) in [6.45, 7) is 6.49. The second-order valence-electron chi connectivity index (χ2n) is 7.57. The number of rotatable bonds is 9. The quantitative estimate of drug-likeness (QED) is 0.365. The van der Waals surface area contributed by atoms with Crippen LogP contribution < -0.4 is 25.0 Å². The molecule has 1 fully saturated rings. The second-order valence-corrected chi connectivity index (χ2v) is 7.57. The summed E-state index contributed by atoms with van der Waals surface area (Å²) in [6, 6.07) is 16.4. The number of guanidine groups is 1. The molecule has 2 aromatic carbocycles. The lowest BCUT2D eigenvalue weighted by molar-refractivity contribution is 0.253. The van der Waals surface area contributed by atoms with Gasteiger partial charge in [-0.15, -0.1) is 0 Å². The third-order valence-corrected chi connectivity index (χ3v) is 5.56. The number of para-hydroxylation sites is 1. The Hall–Kier alpha value is -2.93. The van der Waals surface area contributed by atoms with Crippen molar-refractivity contribution in [1.29, 1.82) is 0 Å². The maximum absolute atomic E-state index is 5.36. The number of methoxy groups -OCH3 is 2. The van der Waals surface area contributed by atoms with Gasteiger partial charge >= 0.3 is 0 Å². The van der Waals surface area contributed by atoms with Crippen molar-refractivity contribution in [1.82, 2.24) is 10.2 Å². The van der Waals surface area contributed by atoms with Gasteiger partial charge in [-0.05, 0) is 43.7 Å². The fourth-order valence-electron chi connectivity index (χ4n) is 3.77. The molecule has 0 unspecified atom stereocenters. The van der Waals surface area contributed by atoms with Crippen LogP contribution >= 0.6 is 0 Å². The normalized spacial score (nSPS) is 14.9. The number of benzene rings is 2. The molecule has 0 aliphatic carbocycles. The highest BCUT2D eigenvalue weighted by Crippen LogP contribution is 2.29. The first-order valence-electron chi connectivity index (χ1n) is 11.0. The summed E-state index contributed by atoms with van der Waals surface area (Å²) < 4.78 is 10.6. The molecule has 31 heavy (non-hydrogen) atoms. The lowest BCUT2D eigenvalue weighted by Gasteiger charge is -2.36. The summed E-state index contributed by atoms with van der Waals surface area (Å²) >= 11 is 0. The molecule has 3 rings (SSSR count). The molecule has 0 amide bonds. The molecule has 0 spiro atoms. The van der Waals surface area contributed by atoms with Crippen LogP contribution in [0.4, 0.5) is 11.4 Å². The van der Waals surface area contributed by atoms with Crippen LogP contribution in [-0.2, 0) is 0 Å². The van der Waals surface area contributed by atoms with E-state index in [1.165, 1.54) is 12.1 Å². The number of aliphatic imine (C=N–C) groups is 1. The predicted octanol–water partition coefficient (Wildman–Crippen LogP) is 3.29. The van der Waals surface area contributed by atoms with E-state index < -0.39 is 0 Å². The van der Waals surface area contributed by atoms with Crippen molar-refractivity contribution in [2.75, 3.05) is 70.8 Å². The van der Waals surface area contributed by atoms with Gasteiger partial charge in [-0.3, -0.25) is 9.89 Å². The summed E-state index contributed by atoms with van der Waals surface area (Å²) in [5.41, 5.74) is 2.24. The molecule has 1 heterocycles. The molecule has 2 N–H and O–H groups in total. The van der Waals surface area contributed by atoms with Gasteiger partial charge in [0, 0.05) is 57.2 Å². The number of piperazine rings is 1. The molecule has 2 aromatic rings. The Morgan fingerprint density at radius 2 is 1.68 bits per heavy atom. The molecule has 1 aliphatic rings. The highest BCUT2D eigenvalue weighted by molar-refractivity contribution is 5.93. The SMILES string of the molecule is CN=C(NCCCCN1CCN(c2ccccc2)CC1)Nc1ccc(OC)c(OC)c1. The Morgan fingerprint density at radius 1 is 0.935 bits per heavy atom. The number of hydrogen-bond donors (Lipinski definition) is 2. The van der Waals surface area contributed by atoms with Gasteiger partial charge in [-0.1, -0.05) is 18.2 Å². The third-order valence-electron chi connectivity index (χ3n) is 5.56. The summed E-state index contributed by atoms with van der Waals surface area (Å²) in [6.07, 6.45) is 2.28. The van der Waals surface area contributed by atoms with Crippen LogP contribution in [0.2, 0.25) is 0 Å². The van der Waals surface area contributed by atoms with Crippen LogP contribution in [0.3, 0.4) is 0 Å². The van der Waals surface area contributed by atoms with Crippen molar-refractivity contribution in [2.24, 2.45) is 4.99 Å². The third kappa shape index (κ3) is 6.79. The van der Waals surface area contributed by atoms with Crippen molar-refractivity contribution in [3.63, 3.8) is 0 Å². The molecule has 1 aliphatic heterocycles. The minimum Gasteiger partial charge on any atom is -0.493 e. The predicted molar refractivity (Wildman–Crippen MR) is 129 cm³/mol. The van der Waals surface area contributed by atoms with Crippen molar-refractivity contribution in [2.45, 2.75) is 12.8 Å². The van der Waals surface area contributed by atoms with Gasteiger partial charge in [0.15, 0.2) is 17.5 Å². The molecule has 0 atom stereocenters. The average Bonchev–Trinajstić information content (AvgIpc) is 2.83. The molecule has 7 nitrogen and oxygen atoms in total. The van der Waals surface area contributed by atoms with E-state index in [-0.39, 0.29) is 0 Å². The average molecular weight is 426 g/mol. The van der Waals surface area contributed by atoms with Crippen LogP contribution in [-0.4, -0.2) is 71.4 Å². The maximum atomic E-state index is 5.36. The lowest BCUT2D eigenvalue weighted by Crippen LogP contribution is -2.46. The molecule has 1 saturated heterocycles. The molecular formula is C24H35N5O2. The highest BCUT2D eigenvalue weighted by atomic mass is 16.5. The fraction of sp³-hybridized carbons (Fsp3) is 0.458. The monoisotopic (exact) mass is 425 g/mol. The maximum Gasteiger partial charge on any atom is 0.195 e. The Labute approximate surface area is 186 Å². The first-order chi connectivity index (χ1) is 15.2. The smallest absolute Gasteiger partial charge is 0.195 e. The van der Waals surface area contributed by atoms with E-state index in [1.807, 2.05) is 18.2 Å². The largest absolute Gasteiger partial charge is 0.493 e. The van der Waals surface area contributed by atoms with Gasteiger partial charge in [0.05, 0.1) is 14.2 Å². The van der Waals surface area contributed by atoms with Gasteiger partial charge in [-0.25, -0.2) is 0 Å². The van der Waals surface area contributed by atoms with E-state index in [4.69, 9.17) is 9.47 Å². The summed E-state index contributed by atoms with van der Waals surface area (Å²) in [7, 11) is 5.05.